The first-order valence-corrected chi connectivity index (χ1v) is 6.99. The number of aliphatic carboxylic acids is 1. The molecule has 2 fully saturated rings. The van der Waals surface area contributed by atoms with E-state index in [9.17, 15) is 14.7 Å². The number of aliphatic hydroxyl groups is 1. The molecule has 2 rings (SSSR count). The van der Waals surface area contributed by atoms with Crippen molar-refractivity contribution in [2.45, 2.75) is 44.8 Å². The number of rotatable bonds is 3. The fourth-order valence-electron chi connectivity index (χ4n) is 3.09. The van der Waals surface area contributed by atoms with Crippen molar-refractivity contribution < 1.29 is 19.8 Å². The minimum absolute atomic E-state index is 0.130. The standard InChI is InChI=1S/C13H22N2O4/c1-2-3-9-4-5-14(7-9)13(19)15-8-10(16)6-11(15)12(17)18/h9-11,16H,2-8H2,1H3,(H,17,18)/t9?,10?,11-/m0/s1. The first kappa shape index (κ1) is 14.1. The molecule has 2 saturated heterocycles. The molecule has 0 saturated carbocycles. The number of amides is 2. The Kier molecular flexibility index (Phi) is 4.29. The second kappa shape index (κ2) is 5.77. The van der Waals surface area contributed by atoms with E-state index in [0.717, 1.165) is 19.3 Å². The Bertz CT molecular complexity index is 361. The van der Waals surface area contributed by atoms with E-state index in [2.05, 4.69) is 6.92 Å². The maximum absolute atomic E-state index is 12.3. The Morgan fingerprint density at radius 1 is 1.32 bits per heavy atom. The fraction of sp³-hybridized carbons (Fsp3) is 0.846. The molecule has 0 spiro atoms. The van der Waals surface area contributed by atoms with E-state index in [-0.39, 0.29) is 19.0 Å². The molecule has 2 aliphatic rings. The van der Waals surface area contributed by atoms with Gasteiger partial charge in [-0.25, -0.2) is 9.59 Å². The summed E-state index contributed by atoms with van der Waals surface area (Å²) >= 11 is 0. The summed E-state index contributed by atoms with van der Waals surface area (Å²) in [7, 11) is 0. The van der Waals surface area contributed by atoms with Crippen LogP contribution < -0.4 is 0 Å². The normalized spacial score (nSPS) is 30.9. The van der Waals surface area contributed by atoms with Crippen molar-refractivity contribution in [3.8, 4) is 0 Å². The molecule has 0 aliphatic carbocycles. The van der Waals surface area contributed by atoms with Crippen LogP contribution >= 0.6 is 0 Å². The van der Waals surface area contributed by atoms with Crippen molar-refractivity contribution in [2.24, 2.45) is 5.92 Å². The molecule has 2 amide bonds. The number of carboxylic acid groups (broad SMARTS) is 1. The summed E-state index contributed by atoms with van der Waals surface area (Å²) in [6.07, 6.45) is 2.61. The lowest BCUT2D eigenvalue weighted by molar-refractivity contribution is -0.141. The highest BCUT2D eigenvalue weighted by Gasteiger charge is 2.41. The molecule has 2 aliphatic heterocycles. The predicted octanol–water partition coefficient (Wildman–Crippen LogP) is 0.748. The average Bonchev–Trinajstić information content (AvgIpc) is 2.95. The van der Waals surface area contributed by atoms with Crippen LogP contribution in [0.3, 0.4) is 0 Å². The Balaban J connectivity index is 1.97. The maximum Gasteiger partial charge on any atom is 0.326 e. The SMILES string of the molecule is CCCC1CCN(C(=O)N2CC(O)C[C@H]2C(=O)O)C1. The first-order chi connectivity index (χ1) is 9.02. The van der Waals surface area contributed by atoms with Gasteiger partial charge in [0.1, 0.15) is 6.04 Å². The molecule has 0 aromatic carbocycles. The molecule has 0 aromatic heterocycles. The molecule has 3 atom stereocenters. The van der Waals surface area contributed by atoms with Gasteiger partial charge in [0, 0.05) is 26.1 Å². The Labute approximate surface area is 113 Å². The highest BCUT2D eigenvalue weighted by molar-refractivity contribution is 5.83. The number of urea groups is 1. The molecule has 6 heteroatoms. The zero-order valence-electron chi connectivity index (χ0n) is 11.3. The molecule has 2 unspecified atom stereocenters. The summed E-state index contributed by atoms with van der Waals surface area (Å²) in [5.74, 6) is -0.501. The number of carbonyl (C=O) groups is 2. The van der Waals surface area contributed by atoms with Crippen molar-refractivity contribution in [3.63, 3.8) is 0 Å². The lowest BCUT2D eigenvalue weighted by Crippen LogP contribution is -2.47. The third-order valence-corrected chi connectivity index (χ3v) is 4.06. The van der Waals surface area contributed by atoms with E-state index in [0.29, 0.717) is 19.0 Å². The van der Waals surface area contributed by atoms with Gasteiger partial charge in [-0.3, -0.25) is 0 Å². The highest BCUT2D eigenvalue weighted by Crippen LogP contribution is 2.25. The Morgan fingerprint density at radius 2 is 2.05 bits per heavy atom. The molecular formula is C13H22N2O4. The fourth-order valence-corrected chi connectivity index (χ4v) is 3.09. The van der Waals surface area contributed by atoms with Gasteiger partial charge in [-0.15, -0.1) is 0 Å². The van der Waals surface area contributed by atoms with E-state index < -0.39 is 18.1 Å². The number of nitrogens with zero attached hydrogens (tertiary/aromatic N) is 2. The summed E-state index contributed by atoms with van der Waals surface area (Å²) in [5, 5.41) is 18.7. The summed E-state index contributed by atoms with van der Waals surface area (Å²) < 4.78 is 0. The van der Waals surface area contributed by atoms with Crippen molar-refractivity contribution in [1.29, 1.82) is 0 Å². The molecule has 0 aromatic rings. The topological polar surface area (TPSA) is 81.1 Å². The van der Waals surface area contributed by atoms with Gasteiger partial charge in [-0.2, -0.15) is 0 Å². The van der Waals surface area contributed by atoms with Crippen LogP contribution in [-0.4, -0.2) is 63.8 Å². The lowest BCUT2D eigenvalue weighted by Gasteiger charge is -2.27. The predicted molar refractivity (Wildman–Crippen MR) is 68.7 cm³/mol. The number of β-amino-alcohol motifs (C(OH)–C–C–N with tert-alkyl or cyclic N) is 1. The van der Waals surface area contributed by atoms with Crippen LogP contribution in [0.1, 0.15) is 32.6 Å². The number of aliphatic hydroxyl groups excluding tert-OH is 1. The molecular weight excluding hydrogens is 248 g/mol. The smallest absolute Gasteiger partial charge is 0.326 e. The summed E-state index contributed by atoms with van der Waals surface area (Å²) in [6.45, 7) is 3.67. The van der Waals surface area contributed by atoms with Gasteiger partial charge in [-0.1, -0.05) is 13.3 Å². The first-order valence-electron chi connectivity index (χ1n) is 6.99. The zero-order valence-corrected chi connectivity index (χ0v) is 11.3. The summed E-state index contributed by atoms with van der Waals surface area (Å²) in [4.78, 5) is 26.5. The maximum atomic E-state index is 12.3. The minimum atomic E-state index is -1.03. The van der Waals surface area contributed by atoms with E-state index >= 15 is 0 Å². The quantitative estimate of drug-likeness (QED) is 0.793. The molecule has 6 nitrogen and oxygen atoms in total. The highest BCUT2D eigenvalue weighted by atomic mass is 16.4. The summed E-state index contributed by atoms with van der Waals surface area (Å²) in [5.41, 5.74) is 0. The van der Waals surface area contributed by atoms with Gasteiger partial charge >= 0.3 is 12.0 Å². The van der Waals surface area contributed by atoms with Crippen LogP contribution in [0.5, 0.6) is 0 Å². The van der Waals surface area contributed by atoms with E-state index in [4.69, 9.17) is 5.11 Å². The monoisotopic (exact) mass is 270 g/mol. The van der Waals surface area contributed by atoms with Crippen molar-refractivity contribution in [2.75, 3.05) is 19.6 Å². The lowest BCUT2D eigenvalue weighted by atomic mass is 10.0. The second-order valence-corrected chi connectivity index (χ2v) is 5.57. The number of hydrogen-bond acceptors (Lipinski definition) is 3. The number of hydrogen-bond donors (Lipinski definition) is 2. The van der Waals surface area contributed by atoms with Gasteiger partial charge in [0.05, 0.1) is 6.10 Å². The van der Waals surface area contributed by atoms with Crippen LogP contribution in [0.2, 0.25) is 0 Å². The molecule has 2 N–H and O–H groups in total. The van der Waals surface area contributed by atoms with Crippen molar-refractivity contribution in [3.05, 3.63) is 0 Å². The van der Waals surface area contributed by atoms with Crippen LogP contribution in [-0.2, 0) is 4.79 Å². The van der Waals surface area contributed by atoms with Gasteiger partial charge in [0.2, 0.25) is 0 Å². The second-order valence-electron chi connectivity index (χ2n) is 5.57. The molecule has 108 valence electrons. The average molecular weight is 270 g/mol. The number of carboxylic acids is 1. The third-order valence-electron chi connectivity index (χ3n) is 4.06. The van der Waals surface area contributed by atoms with Gasteiger partial charge in [0.25, 0.3) is 0 Å². The van der Waals surface area contributed by atoms with Crippen molar-refractivity contribution in [1.82, 2.24) is 9.80 Å². The summed E-state index contributed by atoms with van der Waals surface area (Å²) in [6, 6.07) is -1.12. The molecule has 19 heavy (non-hydrogen) atoms. The number of carbonyl (C=O) groups excluding carboxylic acids is 1. The van der Waals surface area contributed by atoms with Crippen LogP contribution in [0.25, 0.3) is 0 Å². The van der Waals surface area contributed by atoms with Gasteiger partial charge in [-0.05, 0) is 18.8 Å². The Hall–Kier alpha value is -1.30. The molecule has 0 bridgehead atoms. The Morgan fingerprint density at radius 3 is 2.68 bits per heavy atom. The van der Waals surface area contributed by atoms with Crippen LogP contribution in [0, 0.1) is 5.92 Å². The largest absolute Gasteiger partial charge is 0.480 e. The van der Waals surface area contributed by atoms with E-state index in [1.165, 1.54) is 4.90 Å². The number of likely N-dealkylation sites (tertiary alicyclic amines) is 2. The minimum Gasteiger partial charge on any atom is -0.480 e. The van der Waals surface area contributed by atoms with E-state index in [1.54, 1.807) is 4.90 Å². The van der Waals surface area contributed by atoms with Crippen molar-refractivity contribution >= 4 is 12.0 Å². The van der Waals surface area contributed by atoms with Gasteiger partial charge < -0.3 is 20.0 Å². The zero-order chi connectivity index (χ0) is 14.0. The van der Waals surface area contributed by atoms with E-state index in [1.807, 2.05) is 0 Å². The third kappa shape index (κ3) is 3.00. The molecule has 2 heterocycles. The van der Waals surface area contributed by atoms with Gasteiger partial charge in [0.15, 0.2) is 0 Å². The van der Waals surface area contributed by atoms with Crippen LogP contribution in [0.4, 0.5) is 4.79 Å². The molecule has 0 radical (unpaired) electrons. The van der Waals surface area contributed by atoms with Crippen LogP contribution in [0.15, 0.2) is 0 Å².